The van der Waals surface area contributed by atoms with Gasteiger partial charge in [-0.3, -0.25) is 9.59 Å². The number of hydrogen-bond donors (Lipinski definition) is 2. The second kappa shape index (κ2) is 18.5. The summed E-state index contributed by atoms with van der Waals surface area (Å²) in [6, 6.07) is 0.161. The highest BCUT2D eigenvalue weighted by Gasteiger charge is 2.25. The second-order valence-corrected chi connectivity index (χ2v) is 11.7. The third-order valence-electron chi connectivity index (χ3n) is 5.27. The van der Waals surface area contributed by atoms with Gasteiger partial charge in [-0.05, 0) is 37.7 Å². The minimum atomic E-state index is -1.09. The van der Waals surface area contributed by atoms with Crippen LogP contribution in [0.3, 0.4) is 0 Å². The lowest BCUT2D eigenvalue weighted by Gasteiger charge is -2.26. The maximum Gasteiger partial charge on any atom is 0.511 e. The normalized spacial score (nSPS) is 17.0. The summed E-state index contributed by atoms with van der Waals surface area (Å²) in [5.41, 5.74) is 6.14. The zero-order chi connectivity index (χ0) is 24.5. The summed E-state index contributed by atoms with van der Waals surface area (Å²) in [5.74, 6) is 2.16. The van der Waals surface area contributed by atoms with Gasteiger partial charge in [-0.25, -0.2) is 4.79 Å². The fourth-order valence-corrected chi connectivity index (χ4v) is 6.65. The van der Waals surface area contributed by atoms with E-state index < -0.39 is 18.4 Å². The molecule has 1 aliphatic rings. The molecule has 11 heteroatoms. The second-order valence-electron chi connectivity index (χ2n) is 8.12. The first kappa shape index (κ1) is 30.3. The minimum Gasteiger partial charge on any atom is -0.435 e. The molecular formula is C22H40N2O6S3. The molecule has 0 aromatic heterocycles. The minimum absolute atomic E-state index is 0.142. The van der Waals surface area contributed by atoms with Crippen molar-refractivity contribution in [2.75, 3.05) is 36.7 Å². The Kier molecular flexibility index (Phi) is 17.0. The van der Waals surface area contributed by atoms with E-state index in [9.17, 15) is 14.4 Å². The molecule has 1 unspecified atom stereocenters. The van der Waals surface area contributed by atoms with E-state index in [0.717, 1.165) is 37.2 Å². The van der Waals surface area contributed by atoms with Crippen LogP contribution in [0, 0.1) is 11.8 Å². The van der Waals surface area contributed by atoms with Gasteiger partial charge in [0.25, 0.3) is 0 Å². The Morgan fingerprint density at radius 1 is 1.09 bits per heavy atom. The molecular weight excluding hydrogens is 484 g/mol. The first-order valence-electron chi connectivity index (χ1n) is 11.6. The number of carbonyl (C=O) groups excluding carboxylic acids is 3. The Labute approximate surface area is 210 Å². The molecule has 3 N–H and O–H groups in total. The van der Waals surface area contributed by atoms with Gasteiger partial charge in [0.2, 0.25) is 12.2 Å². The number of thioether (sulfide) groups is 1. The predicted molar refractivity (Wildman–Crippen MR) is 137 cm³/mol. The number of ether oxygens (including phenoxy) is 3. The van der Waals surface area contributed by atoms with Gasteiger partial charge in [-0.2, -0.15) is 11.8 Å². The van der Waals surface area contributed by atoms with E-state index >= 15 is 0 Å². The monoisotopic (exact) mass is 524 g/mol. The molecule has 0 spiro atoms. The molecule has 1 aliphatic carbocycles. The van der Waals surface area contributed by atoms with E-state index in [0.29, 0.717) is 11.7 Å². The van der Waals surface area contributed by atoms with Gasteiger partial charge in [0.15, 0.2) is 0 Å². The molecule has 0 aromatic carbocycles. The Balaban J connectivity index is 2.46. The highest BCUT2D eigenvalue weighted by atomic mass is 33.1. The number of nitrogens with one attached hydrogen (secondary N) is 1. The van der Waals surface area contributed by atoms with Gasteiger partial charge < -0.3 is 25.3 Å². The highest BCUT2D eigenvalue weighted by Crippen LogP contribution is 2.33. The topological polar surface area (TPSA) is 117 Å². The molecule has 1 rings (SSSR count). The SMILES string of the molecule is CCOC(=O)OC(C)OC(=O)CNC(=O)[C@@H](CSSC[C@@H](N)CCSC)CC1CCCCC1. The van der Waals surface area contributed by atoms with Crippen molar-refractivity contribution in [3.05, 3.63) is 0 Å². The molecule has 3 atom stereocenters. The van der Waals surface area contributed by atoms with Crippen molar-refractivity contribution in [2.24, 2.45) is 17.6 Å². The van der Waals surface area contributed by atoms with Crippen molar-refractivity contribution in [3.8, 4) is 0 Å². The third-order valence-corrected chi connectivity index (χ3v) is 8.50. The Morgan fingerprint density at radius 2 is 1.79 bits per heavy atom. The average Bonchev–Trinajstić information content (AvgIpc) is 2.78. The van der Waals surface area contributed by atoms with Gasteiger partial charge in [-0.15, -0.1) is 0 Å². The number of esters is 1. The number of carbonyl (C=O) groups is 3. The zero-order valence-corrected chi connectivity index (χ0v) is 22.5. The summed E-state index contributed by atoms with van der Waals surface area (Å²) < 4.78 is 14.4. The fourth-order valence-electron chi connectivity index (χ4n) is 3.54. The summed E-state index contributed by atoms with van der Waals surface area (Å²) in [7, 11) is 3.39. The summed E-state index contributed by atoms with van der Waals surface area (Å²) in [4.78, 5) is 36.2. The summed E-state index contributed by atoms with van der Waals surface area (Å²) in [5, 5.41) is 2.70. The summed E-state index contributed by atoms with van der Waals surface area (Å²) in [6.07, 6.45) is 7.92. The molecule has 0 aromatic rings. The van der Waals surface area contributed by atoms with Crippen LogP contribution < -0.4 is 11.1 Å². The molecule has 192 valence electrons. The van der Waals surface area contributed by atoms with Crippen molar-refractivity contribution < 1.29 is 28.6 Å². The lowest BCUT2D eigenvalue weighted by Crippen LogP contribution is -2.38. The number of nitrogens with two attached hydrogens (primary N) is 1. The van der Waals surface area contributed by atoms with Crippen molar-refractivity contribution in [3.63, 3.8) is 0 Å². The molecule has 0 bridgehead atoms. The third kappa shape index (κ3) is 15.0. The molecule has 0 radical (unpaired) electrons. The fraction of sp³-hybridized carbons (Fsp3) is 0.864. The van der Waals surface area contributed by atoms with Crippen molar-refractivity contribution in [1.82, 2.24) is 5.32 Å². The molecule has 8 nitrogen and oxygen atoms in total. The molecule has 1 saturated carbocycles. The smallest absolute Gasteiger partial charge is 0.435 e. The van der Waals surface area contributed by atoms with Crippen LogP contribution in [0.4, 0.5) is 4.79 Å². The van der Waals surface area contributed by atoms with E-state index in [1.54, 1.807) is 40.3 Å². The van der Waals surface area contributed by atoms with Gasteiger partial charge >= 0.3 is 12.1 Å². The van der Waals surface area contributed by atoms with Gasteiger partial charge in [0, 0.05) is 30.4 Å². The van der Waals surface area contributed by atoms with E-state index in [-0.39, 0.29) is 31.0 Å². The molecule has 0 heterocycles. The molecule has 33 heavy (non-hydrogen) atoms. The number of amides is 1. The van der Waals surface area contributed by atoms with Crippen LogP contribution in [0.25, 0.3) is 0 Å². The van der Waals surface area contributed by atoms with Crippen LogP contribution in [-0.2, 0) is 23.8 Å². The molecule has 1 amide bonds. The Hall–Kier alpha value is -0.780. The van der Waals surface area contributed by atoms with Crippen LogP contribution in [0.1, 0.15) is 58.8 Å². The van der Waals surface area contributed by atoms with E-state index in [1.807, 2.05) is 0 Å². The predicted octanol–water partition coefficient (Wildman–Crippen LogP) is 4.21. The van der Waals surface area contributed by atoms with E-state index in [2.05, 4.69) is 16.3 Å². The quantitative estimate of drug-likeness (QED) is 0.132. The maximum absolute atomic E-state index is 12.9. The van der Waals surface area contributed by atoms with Crippen LogP contribution in [-0.4, -0.2) is 67.0 Å². The maximum atomic E-state index is 12.9. The van der Waals surface area contributed by atoms with Crippen molar-refractivity contribution in [2.45, 2.75) is 71.1 Å². The van der Waals surface area contributed by atoms with Gasteiger partial charge in [0.05, 0.1) is 6.61 Å². The molecule has 1 fully saturated rings. The number of rotatable bonds is 16. The Bertz CT molecular complexity index is 578. The van der Waals surface area contributed by atoms with E-state index in [1.165, 1.54) is 26.2 Å². The summed E-state index contributed by atoms with van der Waals surface area (Å²) in [6.45, 7) is 2.96. The number of hydrogen-bond acceptors (Lipinski definition) is 10. The first-order chi connectivity index (χ1) is 15.8. The first-order valence-corrected chi connectivity index (χ1v) is 15.5. The zero-order valence-electron chi connectivity index (χ0n) is 20.0. The lowest BCUT2D eigenvalue weighted by molar-refractivity contribution is -0.167. The Morgan fingerprint density at radius 3 is 2.45 bits per heavy atom. The molecule has 0 saturated heterocycles. The lowest BCUT2D eigenvalue weighted by atomic mass is 9.83. The highest BCUT2D eigenvalue weighted by molar-refractivity contribution is 8.76. The summed E-state index contributed by atoms with van der Waals surface area (Å²) >= 11 is 1.80. The van der Waals surface area contributed by atoms with Crippen molar-refractivity contribution >= 4 is 51.4 Å². The standard InChI is InChI=1S/C22H40N2O6S3/c1-4-28-22(27)30-16(2)29-20(25)13-24-21(26)18(12-17-8-6-5-7-9-17)14-32-33-15-19(23)10-11-31-3/h16-19H,4-15,23H2,1-3H3,(H,24,26)/t16?,18-,19+/m1/s1. The van der Waals surface area contributed by atoms with E-state index in [4.69, 9.17) is 15.2 Å². The van der Waals surface area contributed by atoms with Gasteiger partial charge in [-0.1, -0.05) is 53.7 Å². The van der Waals surface area contributed by atoms with Crippen LogP contribution >= 0.6 is 33.3 Å². The largest absolute Gasteiger partial charge is 0.511 e. The average molecular weight is 525 g/mol. The molecule has 0 aliphatic heterocycles. The van der Waals surface area contributed by atoms with Crippen LogP contribution in [0.2, 0.25) is 0 Å². The van der Waals surface area contributed by atoms with Crippen LogP contribution in [0.15, 0.2) is 0 Å². The van der Waals surface area contributed by atoms with Crippen LogP contribution in [0.5, 0.6) is 0 Å². The van der Waals surface area contributed by atoms with Gasteiger partial charge in [0.1, 0.15) is 6.54 Å². The van der Waals surface area contributed by atoms with Crippen molar-refractivity contribution in [1.29, 1.82) is 0 Å².